The van der Waals surface area contributed by atoms with Crippen molar-refractivity contribution in [3.8, 4) is 11.4 Å². The van der Waals surface area contributed by atoms with Crippen molar-refractivity contribution in [2.75, 3.05) is 0 Å². The quantitative estimate of drug-likeness (QED) is 0.644. The Morgan fingerprint density at radius 1 is 1.12 bits per heavy atom. The van der Waals surface area contributed by atoms with Crippen LogP contribution >= 0.6 is 27.5 Å². The van der Waals surface area contributed by atoms with Gasteiger partial charge in [0.1, 0.15) is 11.4 Å². The molecule has 124 valence electrons. The summed E-state index contributed by atoms with van der Waals surface area (Å²) in [4.78, 5) is 4.66. The van der Waals surface area contributed by atoms with Crippen LogP contribution in [-0.2, 0) is 12.1 Å². The zero-order chi connectivity index (χ0) is 17.3. The van der Waals surface area contributed by atoms with Gasteiger partial charge in [-0.3, -0.25) is 0 Å². The van der Waals surface area contributed by atoms with Crippen molar-refractivity contribution in [1.29, 1.82) is 0 Å². The molecule has 1 aromatic heterocycles. The Balaban J connectivity index is 2.08. The second kappa shape index (κ2) is 6.71. The molecule has 0 unspecified atom stereocenters. The molecule has 2 aromatic carbocycles. The maximum atomic E-state index is 10.3. The van der Waals surface area contributed by atoms with E-state index in [1.807, 2.05) is 59.3 Å². The summed E-state index contributed by atoms with van der Waals surface area (Å²) in [5.74, 6) is 0.805. The molecule has 5 heteroatoms. The largest absolute Gasteiger partial charge is 0.384 e. The lowest BCUT2D eigenvalue weighted by molar-refractivity contribution is 0.0742. The predicted molar refractivity (Wildman–Crippen MR) is 101 cm³/mol. The lowest BCUT2D eigenvalue weighted by Gasteiger charge is -2.13. The Morgan fingerprint density at radius 3 is 2.42 bits per heavy atom. The van der Waals surface area contributed by atoms with Gasteiger partial charge in [-0.2, -0.15) is 0 Å². The molecule has 0 saturated carbocycles. The lowest BCUT2D eigenvalue weighted by Crippen LogP contribution is -2.15. The van der Waals surface area contributed by atoms with Crippen LogP contribution in [0.2, 0.25) is 5.02 Å². The van der Waals surface area contributed by atoms with E-state index >= 15 is 0 Å². The summed E-state index contributed by atoms with van der Waals surface area (Å²) < 4.78 is 3.04. The number of halogens is 2. The maximum absolute atomic E-state index is 10.3. The monoisotopic (exact) mass is 404 g/mol. The average Bonchev–Trinajstić information content (AvgIpc) is 2.94. The van der Waals surface area contributed by atoms with Crippen molar-refractivity contribution in [3.63, 3.8) is 0 Å². The van der Waals surface area contributed by atoms with Gasteiger partial charge in [0, 0.05) is 21.3 Å². The van der Waals surface area contributed by atoms with Crippen LogP contribution in [0.15, 0.2) is 59.2 Å². The van der Waals surface area contributed by atoms with E-state index in [0.717, 1.165) is 26.4 Å². The molecule has 0 bridgehead atoms. The molecule has 3 rings (SSSR count). The standard InChI is InChI=1S/C19H18BrClN2O/c1-19(2,24)17-12-23(11-14-5-3-4-6-16(14)21)18(22-17)13-7-9-15(20)10-8-13/h3-10,12,24H,11H2,1-2H3. The fourth-order valence-corrected chi connectivity index (χ4v) is 2.93. The van der Waals surface area contributed by atoms with E-state index in [-0.39, 0.29) is 0 Å². The molecule has 0 fully saturated rings. The molecule has 3 nitrogen and oxygen atoms in total. The highest BCUT2D eigenvalue weighted by atomic mass is 79.9. The fraction of sp³-hybridized carbons (Fsp3) is 0.211. The van der Waals surface area contributed by atoms with E-state index in [4.69, 9.17) is 11.6 Å². The van der Waals surface area contributed by atoms with Crippen molar-refractivity contribution in [2.24, 2.45) is 0 Å². The first-order chi connectivity index (χ1) is 11.3. The van der Waals surface area contributed by atoms with Crippen molar-refractivity contribution in [3.05, 3.63) is 75.5 Å². The Bertz CT molecular complexity index is 851. The third-order valence-corrected chi connectivity index (χ3v) is 4.70. The summed E-state index contributed by atoms with van der Waals surface area (Å²) in [6.45, 7) is 4.06. The first-order valence-electron chi connectivity index (χ1n) is 7.64. The van der Waals surface area contributed by atoms with E-state index in [9.17, 15) is 5.11 Å². The van der Waals surface area contributed by atoms with E-state index in [1.165, 1.54) is 0 Å². The summed E-state index contributed by atoms with van der Waals surface area (Å²) in [6, 6.07) is 15.7. The van der Waals surface area contributed by atoms with Gasteiger partial charge in [0.15, 0.2) is 0 Å². The molecule has 0 atom stereocenters. The molecule has 0 saturated heterocycles. The molecule has 0 aliphatic carbocycles. The molecular formula is C19H18BrClN2O. The Morgan fingerprint density at radius 2 is 1.79 bits per heavy atom. The SMILES string of the molecule is CC(C)(O)c1cn(Cc2ccccc2Cl)c(-c2ccc(Br)cc2)n1. The highest BCUT2D eigenvalue weighted by molar-refractivity contribution is 9.10. The van der Waals surface area contributed by atoms with Crippen LogP contribution in [0.3, 0.4) is 0 Å². The van der Waals surface area contributed by atoms with Crippen molar-refractivity contribution < 1.29 is 5.11 Å². The van der Waals surface area contributed by atoms with Gasteiger partial charge in [0.25, 0.3) is 0 Å². The van der Waals surface area contributed by atoms with Gasteiger partial charge in [-0.15, -0.1) is 0 Å². The lowest BCUT2D eigenvalue weighted by atomic mass is 10.1. The molecule has 1 N–H and O–H groups in total. The van der Waals surface area contributed by atoms with E-state index in [1.54, 1.807) is 13.8 Å². The molecule has 1 heterocycles. The zero-order valence-corrected chi connectivity index (χ0v) is 15.8. The van der Waals surface area contributed by atoms with E-state index < -0.39 is 5.60 Å². The molecule has 0 aliphatic rings. The summed E-state index contributed by atoms with van der Waals surface area (Å²) in [5, 5.41) is 11.0. The number of hydrogen-bond acceptors (Lipinski definition) is 2. The van der Waals surface area contributed by atoms with Gasteiger partial charge >= 0.3 is 0 Å². The number of benzene rings is 2. The van der Waals surface area contributed by atoms with Gasteiger partial charge in [-0.05, 0) is 37.6 Å². The van der Waals surface area contributed by atoms with Crippen LogP contribution in [-0.4, -0.2) is 14.7 Å². The fourth-order valence-electron chi connectivity index (χ4n) is 2.47. The number of hydrogen-bond donors (Lipinski definition) is 1. The average molecular weight is 406 g/mol. The first-order valence-corrected chi connectivity index (χ1v) is 8.81. The maximum Gasteiger partial charge on any atom is 0.140 e. The molecule has 0 radical (unpaired) electrons. The highest BCUT2D eigenvalue weighted by Gasteiger charge is 2.22. The number of imidazole rings is 1. The second-order valence-corrected chi connectivity index (χ2v) is 7.56. The van der Waals surface area contributed by atoms with Crippen molar-refractivity contribution in [2.45, 2.75) is 26.0 Å². The highest BCUT2D eigenvalue weighted by Crippen LogP contribution is 2.27. The van der Waals surface area contributed by atoms with E-state index in [2.05, 4.69) is 20.9 Å². The zero-order valence-electron chi connectivity index (χ0n) is 13.5. The molecular weight excluding hydrogens is 388 g/mol. The van der Waals surface area contributed by atoms with Crippen LogP contribution in [0.25, 0.3) is 11.4 Å². The van der Waals surface area contributed by atoms with Gasteiger partial charge in [0.05, 0.1) is 12.2 Å². The van der Waals surface area contributed by atoms with Crippen LogP contribution in [0.1, 0.15) is 25.1 Å². The second-order valence-electron chi connectivity index (χ2n) is 6.23. The van der Waals surface area contributed by atoms with Crippen LogP contribution in [0.5, 0.6) is 0 Å². The molecule has 24 heavy (non-hydrogen) atoms. The minimum atomic E-state index is -1.00. The van der Waals surface area contributed by atoms with Crippen LogP contribution < -0.4 is 0 Å². The normalized spacial score (nSPS) is 11.7. The number of nitrogens with zero attached hydrogens (tertiary/aromatic N) is 2. The van der Waals surface area contributed by atoms with Gasteiger partial charge in [0.2, 0.25) is 0 Å². The smallest absolute Gasteiger partial charge is 0.140 e. The predicted octanol–water partition coefficient (Wildman–Crippen LogP) is 5.24. The molecule has 0 spiro atoms. The Labute approximate surface area is 155 Å². The van der Waals surface area contributed by atoms with Gasteiger partial charge in [-0.1, -0.05) is 57.9 Å². The van der Waals surface area contributed by atoms with Gasteiger partial charge in [-0.25, -0.2) is 4.98 Å². The third-order valence-electron chi connectivity index (χ3n) is 3.80. The van der Waals surface area contributed by atoms with Gasteiger partial charge < -0.3 is 9.67 Å². The molecule has 3 aromatic rings. The van der Waals surface area contributed by atoms with Crippen molar-refractivity contribution in [1.82, 2.24) is 9.55 Å². The number of aromatic nitrogens is 2. The number of rotatable bonds is 4. The van der Waals surface area contributed by atoms with Crippen molar-refractivity contribution >= 4 is 27.5 Å². The van der Waals surface area contributed by atoms with Crippen LogP contribution in [0, 0.1) is 0 Å². The summed E-state index contributed by atoms with van der Waals surface area (Å²) >= 11 is 9.75. The molecule has 0 aliphatic heterocycles. The first kappa shape index (κ1) is 17.2. The Hall–Kier alpha value is -1.62. The van der Waals surface area contributed by atoms with E-state index in [0.29, 0.717) is 12.2 Å². The topological polar surface area (TPSA) is 38.0 Å². The summed E-state index contributed by atoms with van der Waals surface area (Å²) in [5.41, 5.74) is 1.63. The Kier molecular flexibility index (Phi) is 4.81. The summed E-state index contributed by atoms with van der Waals surface area (Å²) in [6.07, 6.45) is 1.89. The third kappa shape index (κ3) is 3.72. The summed E-state index contributed by atoms with van der Waals surface area (Å²) in [7, 11) is 0. The molecule has 0 amide bonds. The number of aliphatic hydroxyl groups is 1. The van der Waals surface area contributed by atoms with Crippen LogP contribution in [0.4, 0.5) is 0 Å². The minimum Gasteiger partial charge on any atom is -0.384 e. The minimum absolute atomic E-state index is 0.591.